The Balaban J connectivity index is 2.00. The van der Waals surface area contributed by atoms with E-state index in [1.807, 2.05) is 57.2 Å². The molecule has 0 fully saturated rings. The van der Waals surface area contributed by atoms with Gasteiger partial charge in [-0.15, -0.1) is 0 Å². The molecule has 6 nitrogen and oxygen atoms in total. The zero-order valence-corrected chi connectivity index (χ0v) is 18.0. The number of rotatable bonds is 5. The van der Waals surface area contributed by atoms with Crippen molar-refractivity contribution in [2.75, 3.05) is 19.5 Å². The first-order valence-corrected chi connectivity index (χ1v) is 9.64. The second kappa shape index (κ2) is 8.53. The van der Waals surface area contributed by atoms with Crippen molar-refractivity contribution in [3.05, 3.63) is 64.4 Å². The second-order valence-electron chi connectivity index (χ2n) is 6.89. The maximum Gasteiger partial charge on any atom is 0.255 e. The van der Waals surface area contributed by atoms with Gasteiger partial charge >= 0.3 is 0 Å². The SMILES string of the molecule is COc1ccc([C@@H]2NC(=S)NC(C)=C2C(=O)Nc2cccc(C)c2C)cc1OC. The summed E-state index contributed by atoms with van der Waals surface area (Å²) in [5.41, 5.74) is 5.05. The minimum absolute atomic E-state index is 0.196. The van der Waals surface area contributed by atoms with Gasteiger partial charge in [0, 0.05) is 11.4 Å². The van der Waals surface area contributed by atoms with Crippen LogP contribution in [0.5, 0.6) is 11.5 Å². The van der Waals surface area contributed by atoms with Crippen LogP contribution in [0, 0.1) is 13.8 Å². The third-order valence-electron chi connectivity index (χ3n) is 5.11. The predicted molar refractivity (Wildman–Crippen MR) is 118 cm³/mol. The summed E-state index contributed by atoms with van der Waals surface area (Å²) in [5, 5.41) is 9.76. The van der Waals surface area contributed by atoms with E-state index in [9.17, 15) is 4.79 Å². The Bertz CT molecular complexity index is 1000. The van der Waals surface area contributed by atoms with Crippen LogP contribution < -0.4 is 25.4 Å². The number of anilines is 1. The number of aryl methyl sites for hydroxylation is 1. The van der Waals surface area contributed by atoms with Crippen LogP contribution in [-0.4, -0.2) is 25.2 Å². The first-order chi connectivity index (χ1) is 13.8. The lowest BCUT2D eigenvalue weighted by atomic mass is 9.94. The van der Waals surface area contributed by atoms with E-state index in [-0.39, 0.29) is 5.91 Å². The standard InChI is InChI=1S/C22H25N3O3S/c1-12-7-6-8-16(13(12)2)24-21(26)19-14(3)23-22(29)25-20(19)15-9-10-17(27-4)18(11-15)28-5/h6-11,20H,1-5H3,(H,24,26)(H2,23,25,29)/t20-/m0/s1. The van der Waals surface area contributed by atoms with E-state index in [0.29, 0.717) is 27.9 Å². The Morgan fingerprint density at radius 2 is 1.79 bits per heavy atom. The highest BCUT2D eigenvalue weighted by atomic mass is 32.1. The smallest absolute Gasteiger partial charge is 0.255 e. The normalized spacial score (nSPS) is 16.0. The summed E-state index contributed by atoms with van der Waals surface area (Å²) in [6.45, 7) is 5.85. The fourth-order valence-electron chi connectivity index (χ4n) is 3.35. The van der Waals surface area contributed by atoms with Crippen LogP contribution in [0.25, 0.3) is 0 Å². The number of hydrogen-bond acceptors (Lipinski definition) is 4. The average molecular weight is 412 g/mol. The molecule has 0 radical (unpaired) electrons. The van der Waals surface area contributed by atoms with Crippen molar-refractivity contribution in [1.82, 2.24) is 10.6 Å². The molecule has 1 atom stereocenters. The van der Waals surface area contributed by atoms with E-state index >= 15 is 0 Å². The van der Waals surface area contributed by atoms with Crippen molar-refractivity contribution in [2.45, 2.75) is 26.8 Å². The third-order valence-corrected chi connectivity index (χ3v) is 5.33. The average Bonchev–Trinajstić information content (AvgIpc) is 2.70. The molecular weight excluding hydrogens is 386 g/mol. The molecule has 1 aliphatic heterocycles. The number of carbonyl (C=O) groups excluding carboxylic acids is 1. The molecule has 1 amide bonds. The molecule has 1 aliphatic rings. The molecule has 0 aliphatic carbocycles. The fourth-order valence-corrected chi connectivity index (χ4v) is 3.62. The van der Waals surface area contributed by atoms with Gasteiger partial charge in [-0.2, -0.15) is 0 Å². The maximum absolute atomic E-state index is 13.3. The van der Waals surface area contributed by atoms with E-state index < -0.39 is 6.04 Å². The Labute approximate surface area is 176 Å². The zero-order chi connectivity index (χ0) is 21.1. The summed E-state index contributed by atoms with van der Waals surface area (Å²) < 4.78 is 10.7. The first-order valence-electron chi connectivity index (χ1n) is 9.23. The molecule has 152 valence electrons. The Morgan fingerprint density at radius 3 is 2.48 bits per heavy atom. The van der Waals surface area contributed by atoms with Crippen molar-refractivity contribution < 1.29 is 14.3 Å². The van der Waals surface area contributed by atoms with Gasteiger partial charge in [0.25, 0.3) is 5.91 Å². The number of nitrogens with one attached hydrogen (secondary N) is 3. The molecule has 0 bridgehead atoms. The van der Waals surface area contributed by atoms with E-state index in [2.05, 4.69) is 16.0 Å². The Hall–Kier alpha value is -3.06. The van der Waals surface area contributed by atoms with Gasteiger partial charge in [0.1, 0.15) is 0 Å². The second-order valence-corrected chi connectivity index (χ2v) is 7.29. The van der Waals surface area contributed by atoms with E-state index in [1.165, 1.54) is 0 Å². The lowest BCUT2D eigenvalue weighted by Crippen LogP contribution is -2.45. The summed E-state index contributed by atoms with van der Waals surface area (Å²) in [6.07, 6.45) is 0. The Morgan fingerprint density at radius 1 is 1.07 bits per heavy atom. The van der Waals surface area contributed by atoms with Crippen LogP contribution in [0.3, 0.4) is 0 Å². The predicted octanol–water partition coefficient (Wildman–Crippen LogP) is 3.75. The van der Waals surface area contributed by atoms with Gasteiger partial charge in [-0.1, -0.05) is 18.2 Å². The Kier molecular flexibility index (Phi) is 6.08. The molecule has 0 aromatic heterocycles. The molecule has 29 heavy (non-hydrogen) atoms. The van der Waals surface area contributed by atoms with Crippen LogP contribution in [0.1, 0.15) is 29.7 Å². The summed E-state index contributed by atoms with van der Waals surface area (Å²) >= 11 is 5.33. The highest BCUT2D eigenvalue weighted by Gasteiger charge is 2.30. The van der Waals surface area contributed by atoms with Crippen LogP contribution in [0.2, 0.25) is 0 Å². The minimum atomic E-state index is -0.423. The van der Waals surface area contributed by atoms with Crippen LogP contribution in [0.15, 0.2) is 47.7 Å². The molecule has 7 heteroatoms. The number of carbonyl (C=O) groups is 1. The van der Waals surface area contributed by atoms with Gasteiger partial charge in [0.05, 0.1) is 25.8 Å². The third kappa shape index (κ3) is 4.19. The summed E-state index contributed by atoms with van der Waals surface area (Å²) in [5.74, 6) is 1.01. The van der Waals surface area contributed by atoms with Gasteiger partial charge in [-0.3, -0.25) is 4.79 Å². The molecule has 3 rings (SSSR count). The van der Waals surface area contributed by atoms with Gasteiger partial charge in [0.2, 0.25) is 0 Å². The van der Waals surface area contributed by atoms with E-state index in [4.69, 9.17) is 21.7 Å². The number of ether oxygens (including phenoxy) is 2. The fraction of sp³-hybridized carbons (Fsp3) is 0.273. The van der Waals surface area contributed by atoms with Crippen LogP contribution in [-0.2, 0) is 4.79 Å². The van der Waals surface area contributed by atoms with Gasteiger partial charge in [0.15, 0.2) is 16.6 Å². The number of hydrogen-bond donors (Lipinski definition) is 3. The van der Waals surface area contributed by atoms with Crippen molar-refractivity contribution >= 4 is 28.9 Å². The molecule has 0 saturated heterocycles. The zero-order valence-electron chi connectivity index (χ0n) is 17.2. The van der Waals surface area contributed by atoms with Crippen molar-refractivity contribution in [2.24, 2.45) is 0 Å². The van der Waals surface area contributed by atoms with Crippen molar-refractivity contribution in [3.63, 3.8) is 0 Å². The van der Waals surface area contributed by atoms with Crippen molar-refractivity contribution in [1.29, 1.82) is 0 Å². The molecule has 0 saturated carbocycles. The highest BCUT2D eigenvalue weighted by molar-refractivity contribution is 7.80. The number of amides is 1. The van der Waals surface area contributed by atoms with Crippen molar-refractivity contribution in [3.8, 4) is 11.5 Å². The summed E-state index contributed by atoms with van der Waals surface area (Å²) in [6, 6.07) is 11.0. The van der Waals surface area contributed by atoms with Gasteiger partial charge < -0.3 is 25.4 Å². The maximum atomic E-state index is 13.3. The quantitative estimate of drug-likeness (QED) is 0.651. The number of thiocarbonyl (C=S) groups is 1. The topological polar surface area (TPSA) is 71.6 Å². The molecule has 2 aromatic carbocycles. The molecule has 2 aromatic rings. The molecule has 1 heterocycles. The molecule has 0 unspecified atom stereocenters. The van der Waals surface area contributed by atoms with Crippen LogP contribution >= 0.6 is 12.2 Å². The molecular formula is C22H25N3O3S. The van der Waals surface area contributed by atoms with Crippen LogP contribution in [0.4, 0.5) is 5.69 Å². The lowest BCUT2D eigenvalue weighted by Gasteiger charge is -2.31. The highest BCUT2D eigenvalue weighted by Crippen LogP contribution is 2.34. The molecule has 3 N–H and O–H groups in total. The number of allylic oxidation sites excluding steroid dienone is 1. The van der Waals surface area contributed by atoms with Gasteiger partial charge in [-0.25, -0.2) is 0 Å². The minimum Gasteiger partial charge on any atom is -0.493 e. The summed E-state index contributed by atoms with van der Waals surface area (Å²) in [7, 11) is 3.17. The summed E-state index contributed by atoms with van der Waals surface area (Å²) in [4.78, 5) is 13.3. The van der Waals surface area contributed by atoms with E-state index in [1.54, 1.807) is 14.2 Å². The number of methoxy groups -OCH3 is 2. The number of benzene rings is 2. The van der Waals surface area contributed by atoms with Gasteiger partial charge in [-0.05, 0) is 67.9 Å². The largest absolute Gasteiger partial charge is 0.493 e. The lowest BCUT2D eigenvalue weighted by molar-refractivity contribution is -0.113. The van der Waals surface area contributed by atoms with E-state index in [0.717, 1.165) is 22.4 Å². The molecule has 0 spiro atoms. The monoisotopic (exact) mass is 411 g/mol. The first kappa shape index (κ1) is 20.7.